The first kappa shape index (κ1) is 14.5. The Labute approximate surface area is 124 Å². The van der Waals surface area contributed by atoms with Crippen LogP contribution >= 0.6 is 15.9 Å². The molecule has 0 fully saturated rings. The van der Waals surface area contributed by atoms with E-state index < -0.39 is 11.6 Å². The predicted octanol–water partition coefficient (Wildman–Crippen LogP) is 3.84. The summed E-state index contributed by atoms with van der Waals surface area (Å²) < 4.78 is 24.6. The van der Waals surface area contributed by atoms with Gasteiger partial charge in [0.15, 0.2) is 5.78 Å². The standard InChI is InChI=1S/C15H12BrFO3/c1-19-12-8-7-10(15(20-2)13(12)16)14(18)9-5-3-4-6-11(9)17/h3-8H,1-2H3. The van der Waals surface area contributed by atoms with E-state index in [9.17, 15) is 9.18 Å². The van der Waals surface area contributed by atoms with E-state index in [0.29, 0.717) is 16.0 Å². The number of hydrogen-bond acceptors (Lipinski definition) is 3. The predicted molar refractivity (Wildman–Crippen MR) is 77.1 cm³/mol. The number of benzene rings is 2. The van der Waals surface area contributed by atoms with Gasteiger partial charge in [-0.05, 0) is 40.2 Å². The molecule has 0 N–H and O–H groups in total. The lowest BCUT2D eigenvalue weighted by molar-refractivity contribution is 0.103. The first-order valence-corrected chi connectivity index (χ1v) is 6.59. The Bertz CT molecular complexity index is 656. The molecular formula is C15H12BrFO3. The molecule has 0 spiro atoms. The minimum atomic E-state index is -0.563. The molecule has 0 heterocycles. The van der Waals surface area contributed by atoms with Crippen LogP contribution in [0.25, 0.3) is 0 Å². The molecule has 0 saturated carbocycles. The maximum atomic E-state index is 13.7. The smallest absolute Gasteiger partial charge is 0.199 e. The SMILES string of the molecule is COc1ccc(C(=O)c2ccccc2F)c(OC)c1Br. The molecule has 0 aromatic heterocycles. The summed E-state index contributed by atoms with van der Waals surface area (Å²) in [4.78, 5) is 12.4. The van der Waals surface area contributed by atoms with Gasteiger partial charge in [-0.2, -0.15) is 0 Å². The van der Waals surface area contributed by atoms with E-state index in [0.717, 1.165) is 0 Å². The number of halogens is 2. The van der Waals surface area contributed by atoms with Crippen LogP contribution in [-0.4, -0.2) is 20.0 Å². The van der Waals surface area contributed by atoms with Crippen molar-refractivity contribution in [3.05, 3.63) is 57.8 Å². The van der Waals surface area contributed by atoms with E-state index in [4.69, 9.17) is 9.47 Å². The first-order chi connectivity index (χ1) is 9.60. The molecule has 0 bridgehead atoms. The summed E-state index contributed by atoms with van der Waals surface area (Å²) in [7, 11) is 2.95. The van der Waals surface area contributed by atoms with Gasteiger partial charge in [0.2, 0.25) is 0 Å². The van der Waals surface area contributed by atoms with E-state index in [-0.39, 0.29) is 11.1 Å². The van der Waals surface area contributed by atoms with Gasteiger partial charge in [-0.1, -0.05) is 12.1 Å². The maximum absolute atomic E-state index is 13.7. The zero-order valence-electron chi connectivity index (χ0n) is 10.9. The summed E-state index contributed by atoms with van der Waals surface area (Å²) in [5.41, 5.74) is 0.271. The molecule has 20 heavy (non-hydrogen) atoms. The summed E-state index contributed by atoms with van der Waals surface area (Å²) in [6, 6.07) is 9.01. The Hall–Kier alpha value is -1.88. The molecule has 5 heteroatoms. The van der Waals surface area contributed by atoms with Crippen molar-refractivity contribution in [3.8, 4) is 11.5 Å². The van der Waals surface area contributed by atoms with Gasteiger partial charge < -0.3 is 9.47 Å². The second kappa shape index (κ2) is 6.05. The number of methoxy groups -OCH3 is 2. The van der Waals surface area contributed by atoms with Crippen LogP contribution in [0.4, 0.5) is 4.39 Å². The van der Waals surface area contributed by atoms with Gasteiger partial charge in [-0.15, -0.1) is 0 Å². The van der Waals surface area contributed by atoms with Crippen molar-refractivity contribution in [1.29, 1.82) is 0 Å². The normalized spacial score (nSPS) is 10.2. The third kappa shape index (κ3) is 2.54. The van der Waals surface area contributed by atoms with Crippen molar-refractivity contribution in [2.45, 2.75) is 0 Å². The topological polar surface area (TPSA) is 35.5 Å². The third-order valence-corrected chi connectivity index (χ3v) is 3.60. The molecule has 104 valence electrons. The van der Waals surface area contributed by atoms with Gasteiger partial charge in [0.1, 0.15) is 21.8 Å². The number of rotatable bonds is 4. The van der Waals surface area contributed by atoms with Gasteiger partial charge in [0.25, 0.3) is 0 Å². The minimum absolute atomic E-state index is 0.00265. The molecule has 0 saturated heterocycles. The molecule has 0 atom stereocenters. The highest BCUT2D eigenvalue weighted by molar-refractivity contribution is 9.10. The zero-order chi connectivity index (χ0) is 14.7. The average Bonchev–Trinajstić information content (AvgIpc) is 2.46. The van der Waals surface area contributed by atoms with E-state index >= 15 is 0 Å². The fourth-order valence-corrected chi connectivity index (χ4v) is 2.53. The monoisotopic (exact) mass is 338 g/mol. The molecule has 3 nitrogen and oxygen atoms in total. The summed E-state index contributed by atoms with van der Waals surface area (Å²) >= 11 is 3.32. The number of carbonyl (C=O) groups excluding carboxylic acids is 1. The number of carbonyl (C=O) groups is 1. The van der Waals surface area contributed by atoms with Crippen LogP contribution < -0.4 is 9.47 Å². The molecule has 0 unspecified atom stereocenters. The van der Waals surface area contributed by atoms with Crippen molar-refractivity contribution in [1.82, 2.24) is 0 Å². The van der Waals surface area contributed by atoms with Crippen molar-refractivity contribution in [2.75, 3.05) is 14.2 Å². The van der Waals surface area contributed by atoms with Crippen LogP contribution in [0.1, 0.15) is 15.9 Å². The second-order valence-electron chi connectivity index (χ2n) is 3.97. The Morgan fingerprint density at radius 2 is 1.75 bits per heavy atom. The second-order valence-corrected chi connectivity index (χ2v) is 4.76. The van der Waals surface area contributed by atoms with Gasteiger partial charge in [0, 0.05) is 0 Å². The minimum Gasteiger partial charge on any atom is -0.495 e. The van der Waals surface area contributed by atoms with Crippen LogP contribution in [0.15, 0.2) is 40.9 Å². The molecule has 0 aliphatic rings. The van der Waals surface area contributed by atoms with E-state index in [1.807, 2.05) is 0 Å². The summed E-state index contributed by atoms with van der Waals surface area (Å²) in [6.45, 7) is 0. The van der Waals surface area contributed by atoms with Crippen molar-refractivity contribution < 1.29 is 18.7 Å². The Morgan fingerprint density at radius 1 is 1.05 bits per heavy atom. The molecule has 0 aliphatic heterocycles. The maximum Gasteiger partial charge on any atom is 0.199 e. The third-order valence-electron chi connectivity index (χ3n) is 2.85. The molecular weight excluding hydrogens is 327 g/mol. The van der Waals surface area contributed by atoms with Crippen LogP contribution in [-0.2, 0) is 0 Å². The fraction of sp³-hybridized carbons (Fsp3) is 0.133. The highest BCUT2D eigenvalue weighted by Crippen LogP contribution is 2.38. The fourth-order valence-electron chi connectivity index (χ4n) is 1.86. The molecule has 2 aromatic rings. The zero-order valence-corrected chi connectivity index (χ0v) is 12.5. The lowest BCUT2D eigenvalue weighted by Gasteiger charge is -2.13. The van der Waals surface area contributed by atoms with Gasteiger partial charge in [-0.25, -0.2) is 4.39 Å². The Kier molecular flexibility index (Phi) is 4.39. The highest BCUT2D eigenvalue weighted by Gasteiger charge is 2.21. The lowest BCUT2D eigenvalue weighted by atomic mass is 10.0. The van der Waals surface area contributed by atoms with Crippen molar-refractivity contribution in [2.24, 2.45) is 0 Å². The van der Waals surface area contributed by atoms with E-state index in [2.05, 4.69) is 15.9 Å². The van der Waals surface area contributed by atoms with E-state index in [1.54, 1.807) is 18.2 Å². The molecule has 0 amide bonds. The van der Waals surface area contributed by atoms with Gasteiger partial charge in [-0.3, -0.25) is 4.79 Å². The van der Waals surface area contributed by atoms with Gasteiger partial charge >= 0.3 is 0 Å². The summed E-state index contributed by atoms with van der Waals surface area (Å²) in [5.74, 6) is -0.153. The van der Waals surface area contributed by atoms with Crippen LogP contribution in [0.5, 0.6) is 11.5 Å². The van der Waals surface area contributed by atoms with Crippen LogP contribution in [0.2, 0.25) is 0 Å². The molecule has 0 aliphatic carbocycles. The van der Waals surface area contributed by atoms with Crippen molar-refractivity contribution in [3.63, 3.8) is 0 Å². The summed E-state index contributed by atoms with van der Waals surface area (Å²) in [5, 5.41) is 0. The average molecular weight is 339 g/mol. The van der Waals surface area contributed by atoms with Crippen LogP contribution in [0.3, 0.4) is 0 Å². The summed E-state index contributed by atoms with van der Waals surface area (Å²) in [6.07, 6.45) is 0. The molecule has 2 rings (SSSR count). The van der Waals surface area contributed by atoms with Crippen LogP contribution in [0, 0.1) is 5.82 Å². The van der Waals surface area contributed by atoms with Crippen molar-refractivity contribution >= 4 is 21.7 Å². The Balaban J connectivity index is 2.56. The molecule has 0 radical (unpaired) electrons. The molecule has 2 aromatic carbocycles. The number of ether oxygens (including phenoxy) is 2. The first-order valence-electron chi connectivity index (χ1n) is 5.79. The quantitative estimate of drug-likeness (QED) is 0.794. The van der Waals surface area contributed by atoms with E-state index in [1.165, 1.54) is 32.4 Å². The number of ketones is 1. The largest absolute Gasteiger partial charge is 0.495 e. The lowest BCUT2D eigenvalue weighted by Crippen LogP contribution is -2.07. The van der Waals surface area contributed by atoms with Gasteiger partial charge in [0.05, 0.1) is 25.3 Å². The Morgan fingerprint density at radius 3 is 2.35 bits per heavy atom. The number of hydrogen-bond donors (Lipinski definition) is 0. The highest BCUT2D eigenvalue weighted by atomic mass is 79.9.